The van der Waals surface area contributed by atoms with Crippen molar-refractivity contribution in [1.82, 2.24) is 19.6 Å². The third kappa shape index (κ3) is 4.48. The molecule has 0 spiro atoms. The van der Waals surface area contributed by atoms with Crippen molar-refractivity contribution in [2.45, 2.75) is 30.2 Å². The Labute approximate surface area is 180 Å². The van der Waals surface area contributed by atoms with E-state index in [1.54, 1.807) is 16.6 Å². The van der Waals surface area contributed by atoms with E-state index >= 15 is 0 Å². The highest BCUT2D eigenvalue weighted by molar-refractivity contribution is 7.99. The van der Waals surface area contributed by atoms with Crippen LogP contribution in [0.5, 0.6) is 0 Å². The molecule has 7 nitrogen and oxygen atoms in total. The van der Waals surface area contributed by atoms with E-state index in [0.29, 0.717) is 17.5 Å². The maximum absolute atomic E-state index is 13.7. The van der Waals surface area contributed by atoms with Crippen molar-refractivity contribution < 1.29 is 13.6 Å². The van der Waals surface area contributed by atoms with Crippen LogP contribution in [0, 0.1) is 18.6 Å². The van der Waals surface area contributed by atoms with Gasteiger partial charge in [-0.25, -0.2) is 18.6 Å². The molecule has 31 heavy (non-hydrogen) atoms. The standard InChI is InChI=1S/C21H18F2N6OS/c1-3-16-12(2)26-20-24-11-25-29(20)19(16)31-15-7-5-14(6-8-15)27-21(30)28-18-9-4-13(22)10-17(18)23/h4-11H,3H2,1-2H3,(H2,27,28,30). The van der Waals surface area contributed by atoms with Crippen LogP contribution in [-0.2, 0) is 6.42 Å². The van der Waals surface area contributed by atoms with E-state index in [4.69, 9.17) is 0 Å². The number of nitrogens with zero attached hydrogens (tertiary/aromatic N) is 4. The summed E-state index contributed by atoms with van der Waals surface area (Å²) in [5.41, 5.74) is 2.42. The molecule has 0 aliphatic heterocycles. The van der Waals surface area contributed by atoms with Gasteiger partial charge in [0.25, 0.3) is 5.78 Å². The number of urea groups is 1. The van der Waals surface area contributed by atoms with Crippen LogP contribution in [0.25, 0.3) is 5.78 Å². The van der Waals surface area contributed by atoms with Gasteiger partial charge in [0.15, 0.2) is 0 Å². The van der Waals surface area contributed by atoms with Crippen molar-refractivity contribution in [2.75, 3.05) is 10.6 Å². The maximum atomic E-state index is 13.7. The van der Waals surface area contributed by atoms with Gasteiger partial charge in [0.2, 0.25) is 0 Å². The Morgan fingerprint density at radius 2 is 1.90 bits per heavy atom. The number of rotatable bonds is 5. The second kappa shape index (κ2) is 8.68. The zero-order valence-electron chi connectivity index (χ0n) is 16.7. The summed E-state index contributed by atoms with van der Waals surface area (Å²) in [4.78, 5) is 21.7. The van der Waals surface area contributed by atoms with Gasteiger partial charge in [-0.3, -0.25) is 0 Å². The maximum Gasteiger partial charge on any atom is 0.323 e. The molecular weight excluding hydrogens is 422 g/mol. The van der Waals surface area contributed by atoms with Crippen LogP contribution in [-0.4, -0.2) is 25.6 Å². The first-order valence-electron chi connectivity index (χ1n) is 9.44. The Morgan fingerprint density at radius 3 is 2.61 bits per heavy atom. The number of nitrogens with one attached hydrogen (secondary N) is 2. The quantitative estimate of drug-likeness (QED) is 0.424. The van der Waals surface area contributed by atoms with Crippen molar-refractivity contribution >= 4 is 34.9 Å². The minimum atomic E-state index is -0.847. The van der Waals surface area contributed by atoms with Crippen molar-refractivity contribution in [3.63, 3.8) is 0 Å². The van der Waals surface area contributed by atoms with Crippen LogP contribution in [0.4, 0.5) is 25.0 Å². The minimum Gasteiger partial charge on any atom is -0.308 e. The molecule has 0 bridgehead atoms. The SMILES string of the molecule is CCc1c(C)nc2ncnn2c1Sc1ccc(NC(=O)Nc2ccc(F)cc2F)cc1. The van der Waals surface area contributed by atoms with Gasteiger partial charge in [0, 0.05) is 27.9 Å². The highest BCUT2D eigenvalue weighted by atomic mass is 32.2. The number of aryl methyl sites for hydroxylation is 1. The van der Waals surface area contributed by atoms with Crippen LogP contribution < -0.4 is 10.6 Å². The van der Waals surface area contributed by atoms with Crippen LogP contribution in [0.15, 0.2) is 58.7 Å². The van der Waals surface area contributed by atoms with E-state index in [1.165, 1.54) is 18.1 Å². The van der Waals surface area contributed by atoms with E-state index in [1.807, 2.05) is 19.1 Å². The van der Waals surface area contributed by atoms with E-state index in [9.17, 15) is 13.6 Å². The summed E-state index contributed by atoms with van der Waals surface area (Å²) in [7, 11) is 0. The largest absolute Gasteiger partial charge is 0.323 e. The number of benzene rings is 2. The highest BCUT2D eigenvalue weighted by Crippen LogP contribution is 2.32. The fourth-order valence-electron chi connectivity index (χ4n) is 3.06. The molecule has 2 amide bonds. The lowest BCUT2D eigenvalue weighted by Gasteiger charge is -2.12. The predicted octanol–water partition coefficient (Wildman–Crippen LogP) is 5.07. The zero-order valence-corrected chi connectivity index (χ0v) is 17.5. The lowest BCUT2D eigenvalue weighted by Crippen LogP contribution is -2.20. The van der Waals surface area contributed by atoms with E-state index in [2.05, 4.69) is 32.6 Å². The van der Waals surface area contributed by atoms with E-state index in [0.717, 1.165) is 39.7 Å². The lowest BCUT2D eigenvalue weighted by atomic mass is 10.2. The first kappa shape index (κ1) is 20.7. The Kier molecular flexibility index (Phi) is 5.81. The lowest BCUT2D eigenvalue weighted by molar-refractivity contribution is 0.262. The minimum absolute atomic E-state index is 0.108. The zero-order chi connectivity index (χ0) is 22.0. The van der Waals surface area contributed by atoms with Crippen molar-refractivity contribution in [3.05, 3.63) is 71.7 Å². The van der Waals surface area contributed by atoms with Gasteiger partial charge in [-0.15, -0.1) is 0 Å². The summed E-state index contributed by atoms with van der Waals surface area (Å²) in [5.74, 6) is -1.02. The number of fused-ring (bicyclic) bond motifs is 1. The normalized spacial score (nSPS) is 11.0. The number of anilines is 2. The Bertz CT molecular complexity index is 1260. The average molecular weight is 440 g/mol. The molecule has 0 saturated heterocycles. The van der Waals surface area contributed by atoms with Crippen LogP contribution in [0.2, 0.25) is 0 Å². The number of aromatic nitrogens is 4. The molecule has 0 fully saturated rings. The number of carbonyl (C=O) groups is 1. The number of hydrogen-bond donors (Lipinski definition) is 2. The summed E-state index contributed by atoms with van der Waals surface area (Å²) in [5, 5.41) is 10.2. The molecule has 0 atom stereocenters. The molecule has 0 aliphatic carbocycles. The Hall–Kier alpha value is -3.53. The molecule has 2 aromatic carbocycles. The molecule has 2 aromatic heterocycles. The van der Waals surface area contributed by atoms with Gasteiger partial charge >= 0.3 is 6.03 Å². The molecule has 158 valence electrons. The third-order valence-corrected chi connectivity index (χ3v) is 5.66. The van der Waals surface area contributed by atoms with Crippen LogP contribution in [0.3, 0.4) is 0 Å². The molecule has 10 heteroatoms. The van der Waals surface area contributed by atoms with E-state index < -0.39 is 17.7 Å². The number of halogens is 2. The third-order valence-electron chi connectivity index (χ3n) is 4.54. The van der Waals surface area contributed by atoms with Crippen molar-refractivity contribution in [1.29, 1.82) is 0 Å². The van der Waals surface area contributed by atoms with Crippen LogP contribution >= 0.6 is 11.8 Å². The van der Waals surface area contributed by atoms with E-state index in [-0.39, 0.29) is 5.69 Å². The second-order valence-corrected chi connectivity index (χ2v) is 7.70. The molecule has 4 aromatic rings. The molecule has 0 radical (unpaired) electrons. The Balaban J connectivity index is 1.48. The molecule has 0 unspecified atom stereocenters. The van der Waals surface area contributed by atoms with Crippen molar-refractivity contribution in [3.8, 4) is 0 Å². The molecule has 0 saturated carbocycles. The first-order chi connectivity index (χ1) is 14.9. The summed E-state index contributed by atoms with van der Waals surface area (Å²) >= 11 is 1.53. The molecule has 2 heterocycles. The molecule has 2 N–H and O–H groups in total. The summed E-state index contributed by atoms with van der Waals surface area (Å²) in [6.07, 6.45) is 2.28. The highest BCUT2D eigenvalue weighted by Gasteiger charge is 2.15. The number of amides is 2. The topological polar surface area (TPSA) is 84.2 Å². The average Bonchev–Trinajstić information content (AvgIpc) is 3.20. The Morgan fingerprint density at radius 1 is 1.13 bits per heavy atom. The predicted molar refractivity (Wildman–Crippen MR) is 114 cm³/mol. The van der Waals surface area contributed by atoms with Gasteiger partial charge in [-0.2, -0.15) is 14.6 Å². The second-order valence-electron chi connectivity index (χ2n) is 6.64. The fourth-order valence-corrected chi connectivity index (χ4v) is 4.19. The van der Waals surface area contributed by atoms with Gasteiger partial charge in [0.05, 0.1) is 5.69 Å². The van der Waals surface area contributed by atoms with Crippen molar-refractivity contribution in [2.24, 2.45) is 0 Å². The monoisotopic (exact) mass is 440 g/mol. The van der Waals surface area contributed by atoms with Gasteiger partial charge in [-0.05, 0) is 49.7 Å². The fraction of sp³-hybridized carbons (Fsp3) is 0.143. The molecule has 0 aliphatic rings. The summed E-state index contributed by atoms with van der Waals surface area (Å²) in [6, 6.07) is 9.50. The first-order valence-corrected chi connectivity index (χ1v) is 10.3. The number of carbonyl (C=O) groups excluding carboxylic acids is 1. The van der Waals surface area contributed by atoms with Crippen LogP contribution in [0.1, 0.15) is 18.2 Å². The van der Waals surface area contributed by atoms with Gasteiger partial charge < -0.3 is 10.6 Å². The summed E-state index contributed by atoms with van der Waals surface area (Å²) in [6.45, 7) is 4.01. The molecular formula is C21H18F2N6OS. The number of hydrogen-bond acceptors (Lipinski definition) is 5. The van der Waals surface area contributed by atoms with Gasteiger partial charge in [0.1, 0.15) is 23.0 Å². The molecule has 4 rings (SSSR count). The summed E-state index contributed by atoms with van der Waals surface area (Å²) < 4.78 is 28.4. The smallest absolute Gasteiger partial charge is 0.308 e. The van der Waals surface area contributed by atoms with Gasteiger partial charge in [-0.1, -0.05) is 18.7 Å².